The molecule has 82 valence electrons. The van der Waals surface area contributed by atoms with E-state index >= 15 is 0 Å². The van der Waals surface area contributed by atoms with Gasteiger partial charge in [-0.3, -0.25) is 4.79 Å². The summed E-state index contributed by atoms with van der Waals surface area (Å²) in [6.45, 7) is 0.452. The van der Waals surface area contributed by atoms with Crippen molar-refractivity contribution in [2.24, 2.45) is 5.92 Å². The molecule has 0 spiro atoms. The zero-order valence-corrected chi connectivity index (χ0v) is 10.6. The number of anilines is 1. The molecule has 16 heavy (non-hydrogen) atoms. The Morgan fingerprint density at radius 1 is 1.56 bits per heavy atom. The highest BCUT2D eigenvalue weighted by atomic mass is 79.9. The van der Waals surface area contributed by atoms with Gasteiger partial charge in [-0.15, -0.1) is 0 Å². The number of nitriles is 1. The summed E-state index contributed by atoms with van der Waals surface area (Å²) in [7, 11) is 0. The van der Waals surface area contributed by atoms with Gasteiger partial charge >= 0.3 is 0 Å². The summed E-state index contributed by atoms with van der Waals surface area (Å²) in [5, 5.41) is 9.35. The van der Waals surface area contributed by atoms with Gasteiger partial charge in [0.25, 0.3) is 0 Å². The van der Waals surface area contributed by atoms with Gasteiger partial charge in [-0.2, -0.15) is 5.26 Å². The first-order chi connectivity index (χ1) is 7.61. The Balaban J connectivity index is 2.29. The lowest BCUT2D eigenvalue weighted by Gasteiger charge is -2.16. The van der Waals surface area contributed by atoms with Gasteiger partial charge in [-0.05, 0) is 34.1 Å². The number of hydrogen-bond acceptors (Lipinski definition) is 2. The van der Waals surface area contributed by atoms with E-state index in [1.54, 1.807) is 17.0 Å². The van der Waals surface area contributed by atoms with E-state index in [1.165, 1.54) is 0 Å². The first-order valence-electron chi connectivity index (χ1n) is 4.77. The smallest absolute Gasteiger partial charge is 0.228 e. The molecule has 0 aliphatic carbocycles. The molecule has 1 saturated heterocycles. The largest absolute Gasteiger partial charge is 0.311 e. The second-order valence-corrected chi connectivity index (χ2v) is 4.89. The zero-order chi connectivity index (χ0) is 11.7. The van der Waals surface area contributed by atoms with Crippen LogP contribution in [0, 0.1) is 17.2 Å². The van der Waals surface area contributed by atoms with Gasteiger partial charge in [-0.1, -0.05) is 11.6 Å². The molecule has 1 fully saturated rings. The first kappa shape index (κ1) is 11.4. The van der Waals surface area contributed by atoms with Gasteiger partial charge in [0, 0.05) is 23.1 Å². The maximum atomic E-state index is 11.7. The van der Waals surface area contributed by atoms with Crippen LogP contribution in [-0.4, -0.2) is 12.5 Å². The van der Waals surface area contributed by atoms with E-state index in [0.29, 0.717) is 18.0 Å². The molecule has 2 rings (SSSR count). The molecule has 1 aliphatic rings. The third-order valence-electron chi connectivity index (χ3n) is 2.52. The zero-order valence-electron chi connectivity index (χ0n) is 8.28. The molecule has 1 aromatic carbocycles. The van der Waals surface area contributed by atoms with Crippen LogP contribution in [0.25, 0.3) is 0 Å². The van der Waals surface area contributed by atoms with Gasteiger partial charge in [0.1, 0.15) is 0 Å². The molecule has 5 heteroatoms. The van der Waals surface area contributed by atoms with Gasteiger partial charge in [0.2, 0.25) is 5.91 Å². The Hall–Kier alpha value is -1.05. The highest BCUT2D eigenvalue weighted by Crippen LogP contribution is 2.30. The quantitative estimate of drug-likeness (QED) is 0.800. The molecular weight excluding hydrogens is 291 g/mol. The van der Waals surface area contributed by atoms with E-state index in [2.05, 4.69) is 22.0 Å². The second-order valence-electron chi connectivity index (χ2n) is 3.63. The van der Waals surface area contributed by atoms with Crippen LogP contribution in [0.5, 0.6) is 0 Å². The number of halogens is 2. The topological polar surface area (TPSA) is 44.1 Å². The van der Waals surface area contributed by atoms with Crippen molar-refractivity contribution in [1.82, 2.24) is 0 Å². The summed E-state index contributed by atoms with van der Waals surface area (Å²) in [5.74, 6) is -0.236. The summed E-state index contributed by atoms with van der Waals surface area (Å²) in [4.78, 5) is 13.3. The van der Waals surface area contributed by atoms with Crippen molar-refractivity contribution >= 4 is 39.1 Å². The number of benzene rings is 1. The molecule has 0 N–H and O–H groups in total. The monoisotopic (exact) mass is 298 g/mol. The molecule has 1 heterocycles. The van der Waals surface area contributed by atoms with Crippen molar-refractivity contribution in [1.29, 1.82) is 5.26 Å². The lowest BCUT2D eigenvalue weighted by Crippen LogP contribution is -2.24. The average Bonchev–Trinajstić information content (AvgIpc) is 2.64. The van der Waals surface area contributed by atoms with E-state index in [4.69, 9.17) is 16.9 Å². The van der Waals surface area contributed by atoms with Crippen LogP contribution in [0.4, 0.5) is 5.69 Å². The minimum absolute atomic E-state index is 0.0232. The van der Waals surface area contributed by atoms with Crippen LogP contribution in [0.15, 0.2) is 22.7 Å². The van der Waals surface area contributed by atoms with E-state index in [1.807, 2.05) is 6.07 Å². The van der Waals surface area contributed by atoms with Crippen LogP contribution >= 0.6 is 27.5 Å². The lowest BCUT2D eigenvalue weighted by atomic mass is 10.1. The summed E-state index contributed by atoms with van der Waals surface area (Å²) in [5.41, 5.74) is 0.746. The minimum atomic E-state index is -0.213. The van der Waals surface area contributed by atoms with E-state index in [-0.39, 0.29) is 11.8 Å². The molecule has 0 saturated carbocycles. The Morgan fingerprint density at radius 3 is 2.88 bits per heavy atom. The molecule has 0 radical (unpaired) electrons. The second kappa shape index (κ2) is 4.44. The number of nitrogens with zero attached hydrogens (tertiary/aromatic N) is 2. The van der Waals surface area contributed by atoms with Gasteiger partial charge in [0.05, 0.1) is 17.0 Å². The summed E-state index contributed by atoms with van der Waals surface area (Å²) >= 11 is 9.25. The van der Waals surface area contributed by atoms with Crippen molar-refractivity contribution in [3.63, 3.8) is 0 Å². The van der Waals surface area contributed by atoms with Crippen molar-refractivity contribution < 1.29 is 4.79 Å². The van der Waals surface area contributed by atoms with Crippen molar-refractivity contribution in [2.45, 2.75) is 6.42 Å². The number of amides is 1. The summed E-state index contributed by atoms with van der Waals surface area (Å²) in [6, 6.07) is 7.45. The van der Waals surface area contributed by atoms with Crippen LogP contribution in [0.1, 0.15) is 6.42 Å². The van der Waals surface area contributed by atoms with E-state index < -0.39 is 0 Å². The molecule has 1 atom stereocenters. The molecule has 1 unspecified atom stereocenters. The maximum Gasteiger partial charge on any atom is 0.228 e. The van der Waals surface area contributed by atoms with Gasteiger partial charge in [-0.25, -0.2) is 0 Å². The number of hydrogen-bond donors (Lipinski definition) is 0. The van der Waals surface area contributed by atoms with Crippen molar-refractivity contribution in [3.05, 3.63) is 27.7 Å². The molecule has 0 aromatic heterocycles. The Labute approximate surface area is 107 Å². The fourth-order valence-electron chi connectivity index (χ4n) is 1.70. The average molecular weight is 300 g/mol. The predicted octanol–water partition coefficient (Wildman–Crippen LogP) is 2.98. The fourth-order valence-corrected chi connectivity index (χ4v) is 2.12. The molecular formula is C11H8BrClN2O. The number of rotatable bonds is 1. The highest BCUT2D eigenvalue weighted by molar-refractivity contribution is 9.10. The Bertz CT molecular complexity index is 483. The van der Waals surface area contributed by atoms with Crippen LogP contribution in [0.2, 0.25) is 5.02 Å². The minimum Gasteiger partial charge on any atom is -0.311 e. The third-order valence-corrected chi connectivity index (χ3v) is 3.75. The lowest BCUT2D eigenvalue weighted by molar-refractivity contribution is -0.117. The predicted molar refractivity (Wildman–Crippen MR) is 65.2 cm³/mol. The molecule has 1 aliphatic heterocycles. The van der Waals surface area contributed by atoms with Gasteiger partial charge < -0.3 is 4.90 Å². The van der Waals surface area contributed by atoms with Crippen LogP contribution in [0.3, 0.4) is 0 Å². The molecule has 3 nitrogen and oxygen atoms in total. The first-order valence-corrected chi connectivity index (χ1v) is 5.94. The standard InChI is InChI=1S/C11H8BrClN2O/c12-9-2-1-8(4-10(9)13)15-6-7(5-14)3-11(15)16/h1-2,4,7H,3,6H2. The Morgan fingerprint density at radius 2 is 2.31 bits per heavy atom. The summed E-state index contributed by atoms with van der Waals surface area (Å²) in [6.07, 6.45) is 0.296. The number of carbonyl (C=O) groups is 1. The highest BCUT2D eigenvalue weighted by Gasteiger charge is 2.30. The van der Waals surface area contributed by atoms with Gasteiger partial charge in [0.15, 0.2) is 0 Å². The SMILES string of the molecule is N#CC1CC(=O)N(c2ccc(Br)c(Cl)c2)C1. The fraction of sp³-hybridized carbons (Fsp3) is 0.273. The third kappa shape index (κ3) is 2.06. The number of carbonyl (C=O) groups excluding carboxylic acids is 1. The molecule has 1 aromatic rings. The van der Waals surface area contributed by atoms with E-state index in [9.17, 15) is 4.79 Å². The van der Waals surface area contributed by atoms with E-state index in [0.717, 1.165) is 10.2 Å². The van der Waals surface area contributed by atoms with Crippen LogP contribution < -0.4 is 4.90 Å². The molecule has 0 bridgehead atoms. The summed E-state index contributed by atoms with van der Waals surface area (Å²) < 4.78 is 0.793. The van der Waals surface area contributed by atoms with Crippen molar-refractivity contribution in [3.8, 4) is 6.07 Å². The Kier molecular flexibility index (Phi) is 3.17. The maximum absolute atomic E-state index is 11.7. The van der Waals surface area contributed by atoms with Crippen molar-refractivity contribution in [2.75, 3.05) is 11.4 Å². The molecule has 1 amide bonds. The van der Waals surface area contributed by atoms with Crippen LogP contribution in [-0.2, 0) is 4.79 Å². The normalized spacial score (nSPS) is 19.9.